The van der Waals surface area contributed by atoms with E-state index in [0.717, 1.165) is 0 Å². The van der Waals surface area contributed by atoms with Crippen molar-refractivity contribution in [2.45, 2.75) is 0 Å². The lowest BCUT2D eigenvalue weighted by molar-refractivity contribution is 0.380. The molecule has 0 spiro atoms. The van der Waals surface area contributed by atoms with Gasteiger partial charge < -0.3 is 9.64 Å². The van der Waals surface area contributed by atoms with E-state index in [1.165, 1.54) is 13.3 Å². The molecule has 0 unspecified atom stereocenters. The number of nitrogens with zero attached hydrogens (tertiary/aromatic N) is 3. The quantitative estimate of drug-likeness (QED) is 0.785. The van der Waals surface area contributed by atoms with Gasteiger partial charge in [0, 0.05) is 35.4 Å². The van der Waals surface area contributed by atoms with E-state index in [-0.39, 0.29) is 0 Å². The van der Waals surface area contributed by atoms with E-state index >= 15 is 0 Å². The van der Waals surface area contributed by atoms with Gasteiger partial charge in [0.25, 0.3) is 0 Å². The standard InChI is InChI=1S/C9H12ClN3O2S/c1-15-9-11-6-7(10)8(12-9)13-2-4-16(14)5-3-13/h6H,2-5H2,1H3. The van der Waals surface area contributed by atoms with Crippen LogP contribution in [0.3, 0.4) is 0 Å². The zero-order chi connectivity index (χ0) is 11.5. The molecule has 1 saturated heterocycles. The van der Waals surface area contributed by atoms with E-state index in [0.29, 0.717) is 41.4 Å². The monoisotopic (exact) mass is 261 g/mol. The van der Waals surface area contributed by atoms with Gasteiger partial charge in [-0.2, -0.15) is 4.98 Å². The summed E-state index contributed by atoms with van der Waals surface area (Å²) in [6.45, 7) is 1.40. The second-order valence-electron chi connectivity index (χ2n) is 3.36. The molecule has 5 nitrogen and oxygen atoms in total. The summed E-state index contributed by atoms with van der Waals surface area (Å²) < 4.78 is 16.2. The first-order valence-corrected chi connectivity index (χ1v) is 6.74. The molecule has 1 aromatic rings. The lowest BCUT2D eigenvalue weighted by atomic mass is 10.4. The van der Waals surface area contributed by atoms with Crippen LogP contribution in [0.15, 0.2) is 6.20 Å². The number of rotatable bonds is 2. The Kier molecular flexibility index (Phi) is 3.60. The van der Waals surface area contributed by atoms with E-state index in [1.54, 1.807) is 0 Å². The molecule has 16 heavy (non-hydrogen) atoms. The Hall–Kier alpha value is -0.880. The van der Waals surface area contributed by atoms with Gasteiger partial charge in [-0.1, -0.05) is 11.6 Å². The van der Waals surface area contributed by atoms with Crippen LogP contribution in [0.4, 0.5) is 5.82 Å². The molecule has 0 aromatic carbocycles. The fraction of sp³-hybridized carbons (Fsp3) is 0.556. The molecule has 0 amide bonds. The Labute approximate surface area is 101 Å². The number of halogens is 1. The Balaban J connectivity index is 2.22. The van der Waals surface area contributed by atoms with Gasteiger partial charge >= 0.3 is 6.01 Å². The van der Waals surface area contributed by atoms with Gasteiger partial charge in [0.15, 0.2) is 5.82 Å². The number of ether oxygens (including phenoxy) is 1. The highest BCUT2D eigenvalue weighted by atomic mass is 35.5. The number of methoxy groups -OCH3 is 1. The second kappa shape index (κ2) is 4.97. The van der Waals surface area contributed by atoms with E-state index in [9.17, 15) is 4.21 Å². The van der Waals surface area contributed by atoms with E-state index in [2.05, 4.69) is 9.97 Å². The molecule has 0 bridgehead atoms. The van der Waals surface area contributed by atoms with Crippen molar-refractivity contribution < 1.29 is 8.95 Å². The minimum absolute atomic E-state index is 0.297. The Morgan fingerprint density at radius 1 is 1.50 bits per heavy atom. The predicted octanol–water partition coefficient (Wildman–Crippen LogP) is 0.707. The summed E-state index contributed by atoms with van der Waals surface area (Å²) in [6.07, 6.45) is 1.52. The zero-order valence-electron chi connectivity index (χ0n) is 8.85. The van der Waals surface area contributed by atoms with Crippen LogP contribution in [-0.2, 0) is 10.8 Å². The molecule has 0 saturated carbocycles. The molecule has 0 N–H and O–H groups in total. The van der Waals surface area contributed by atoms with Crippen molar-refractivity contribution >= 4 is 28.2 Å². The molecule has 0 aliphatic carbocycles. The topological polar surface area (TPSA) is 55.3 Å². The third-order valence-corrected chi connectivity index (χ3v) is 3.91. The van der Waals surface area contributed by atoms with Crippen LogP contribution in [0.5, 0.6) is 6.01 Å². The Bertz CT molecular complexity index is 406. The highest BCUT2D eigenvalue weighted by Crippen LogP contribution is 2.25. The molecule has 1 aliphatic heterocycles. The maximum absolute atomic E-state index is 11.2. The van der Waals surface area contributed by atoms with Gasteiger partial charge in [-0.3, -0.25) is 4.21 Å². The van der Waals surface area contributed by atoms with Gasteiger partial charge in [0.1, 0.15) is 5.02 Å². The van der Waals surface area contributed by atoms with E-state index in [4.69, 9.17) is 16.3 Å². The van der Waals surface area contributed by atoms with Crippen LogP contribution in [0, 0.1) is 0 Å². The minimum atomic E-state index is -0.708. The molecule has 2 rings (SSSR count). The van der Waals surface area contributed by atoms with Crippen LogP contribution in [0.25, 0.3) is 0 Å². The summed E-state index contributed by atoms with van der Waals surface area (Å²) in [5, 5.41) is 0.494. The third-order valence-electron chi connectivity index (χ3n) is 2.36. The SMILES string of the molecule is COc1ncc(Cl)c(N2CCS(=O)CC2)n1. The fourth-order valence-electron chi connectivity index (χ4n) is 1.51. The average Bonchev–Trinajstić information content (AvgIpc) is 2.31. The molecular formula is C9H12ClN3O2S. The van der Waals surface area contributed by atoms with Gasteiger partial charge in [-0.05, 0) is 0 Å². The normalized spacial score (nSPS) is 17.5. The molecule has 2 heterocycles. The van der Waals surface area contributed by atoms with E-state index < -0.39 is 10.8 Å². The van der Waals surface area contributed by atoms with Gasteiger partial charge in [-0.15, -0.1) is 0 Å². The average molecular weight is 262 g/mol. The fourth-order valence-corrected chi connectivity index (χ4v) is 2.78. The van der Waals surface area contributed by atoms with Crippen molar-refractivity contribution in [3.05, 3.63) is 11.2 Å². The molecule has 1 fully saturated rings. The maximum atomic E-state index is 11.2. The van der Waals surface area contributed by atoms with Crippen molar-refractivity contribution in [2.24, 2.45) is 0 Å². The Morgan fingerprint density at radius 3 is 2.81 bits per heavy atom. The van der Waals surface area contributed by atoms with Crippen LogP contribution in [-0.4, -0.2) is 45.9 Å². The summed E-state index contributed by atoms with van der Waals surface area (Å²) in [4.78, 5) is 10.1. The maximum Gasteiger partial charge on any atom is 0.318 e. The summed E-state index contributed by atoms with van der Waals surface area (Å²) in [7, 11) is 0.804. The molecule has 0 atom stereocenters. The number of anilines is 1. The van der Waals surface area contributed by atoms with Crippen LogP contribution in [0.2, 0.25) is 5.02 Å². The molecule has 0 radical (unpaired) electrons. The summed E-state index contributed by atoms with van der Waals surface area (Å²) in [5.74, 6) is 1.97. The van der Waals surface area contributed by atoms with Crippen molar-refractivity contribution in [3.63, 3.8) is 0 Å². The summed E-state index contributed by atoms with van der Waals surface area (Å²) >= 11 is 6.02. The lowest BCUT2D eigenvalue weighted by Crippen LogP contribution is -2.38. The first kappa shape index (κ1) is 11.6. The van der Waals surface area contributed by atoms with Crippen LogP contribution < -0.4 is 9.64 Å². The predicted molar refractivity (Wildman–Crippen MR) is 63.7 cm³/mol. The van der Waals surface area contributed by atoms with Crippen LogP contribution >= 0.6 is 11.6 Å². The van der Waals surface area contributed by atoms with Crippen LogP contribution in [0.1, 0.15) is 0 Å². The highest BCUT2D eigenvalue weighted by molar-refractivity contribution is 7.85. The first-order chi connectivity index (χ1) is 7.70. The summed E-state index contributed by atoms with van der Waals surface area (Å²) in [5.41, 5.74) is 0. The van der Waals surface area contributed by atoms with Crippen molar-refractivity contribution in [3.8, 4) is 6.01 Å². The number of hydrogen-bond donors (Lipinski definition) is 0. The molecule has 88 valence electrons. The largest absolute Gasteiger partial charge is 0.467 e. The molecule has 1 aromatic heterocycles. The first-order valence-electron chi connectivity index (χ1n) is 4.87. The van der Waals surface area contributed by atoms with Gasteiger partial charge in [0.2, 0.25) is 0 Å². The van der Waals surface area contributed by atoms with Crippen molar-refractivity contribution in [1.82, 2.24) is 9.97 Å². The third kappa shape index (κ3) is 2.44. The Morgan fingerprint density at radius 2 is 2.19 bits per heavy atom. The van der Waals surface area contributed by atoms with E-state index in [1.807, 2.05) is 4.90 Å². The highest BCUT2D eigenvalue weighted by Gasteiger charge is 2.19. The zero-order valence-corrected chi connectivity index (χ0v) is 10.4. The number of hydrogen-bond acceptors (Lipinski definition) is 5. The van der Waals surface area contributed by atoms with Crippen molar-refractivity contribution in [1.29, 1.82) is 0 Å². The van der Waals surface area contributed by atoms with Gasteiger partial charge in [0.05, 0.1) is 13.3 Å². The second-order valence-corrected chi connectivity index (χ2v) is 5.47. The lowest BCUT2D eigenvalue weighted by Gasteiger charge is -2.27. The smallest absolute Gasteiger partial charge is 0.318 e. The minimum Gasteiger partial charge on any atom is -0.467 e. The summed E-state index contributed by atoms with van der Waals surface area (Å²) in [6, 6.07) is 0.297. The molecule has 1 aliphatic rings. The number of aromatic nitrogens is 2. The molecule has 7 heteroatoms. The molecular weight excluding hydrogens is 250 g/mol. The van der Waals surface area contributed by atoms with Crippen molar-refractivity contribution in [2.75, 3.05) is 36.6 Å². The van der Waals surface area contributed by atoms with Gasteiger partial charge in [-0.25, -0.2) is 4.98 Å².